The summed E-state index contributed by atoms with van der Waals surface area (Å²) in [6.45, 7) is 2.27. The van der Waals surface area contributed by atoms with E-state index in [1.54, 1.807) is 5.57 Å². The first kappa shape index (κ1) is 9.26. The largest absolute Gasteiger partial charge is 0.135 e. The summed E-state index contributed by atoms with van der Waals surface area (Å²) in [6, 6.07) is 0. The Morgan fingerprint density at radius 3 is 2.73 bits per heavy atom. The van der Waals surface area contributed by atoms with E-state index >= 15 is 0 Å². The summed E-state index contributed by atoms with van der Waals surface area (Å²) in [5.41, 5.74) is 2.52. The van der Waals surface area contributed by atoms with E-state index in [2.05, 4.69) is 22.2 Å². The maximum Gasteiger partial charge on any atom is -0.0285 e. The minimum Gasteiger partial charge on any atom is -0.135 e. The average Bonchev–Trinajstić information content (AvgIpc) is 1.82. The zero-order valence-corrected chi connectivity index (χ0v) is 8.63. The lowest BCUT2D eigenvalue weighted by molar-refractivity contribution is 0.647. The summed E-state index contributed by atoms with van der Waals surface area (Å²) >= 11 is 0. The quantitative estimate of drug-likeness (QED) is 0.336. The van der Waals surface area contributed by atoms with E-state index in [1.807, 2.05) is 0 Å². The summed E-state index contributed by atoms with van der Waals surface area (Å²) in [7, 11) is 2.86. The monoisotopic (exact) mass is 170 g/mol. The first-order valence-electron chi connectivity index (χ1n) is 4.72. The molecule has 0 saturated heterocycles. The number of unbranched alkanes of at least 4 members (excludes halogenated alkanes) is 1. The highest BCUT2D eigenvalue weighted by atomic mass is 31.0. The van der Waals surface area contributed by atoms with E-state index in [-0.39, 0.29) is 0 Å². The van der Waals surface area contributed by atoms with Crippen molar-refractivity contribution >= 4 is 9.24 Å². The molecule has 2 unspecified atom stereocenters. The molecule has 1 aliphatic rings. The summed E-state index contributed by atoms with van der Waals surface area (Å²) in [6.07, 6.45) is 10.7. The molecule has 0 aromatic heterocycles. The van der Waals surface area contributed by atoms with E-state index in [1.165, 1.54) is 38.5 Å². The molecule has 0 bridgehead atoms. The van der Waals surface area contributed by atoms with Crippen LogP contribution < -0.4 is 0 Å². The van der Waals surface area contributed by atoms with Crippen LogP contribution in [0.5, 0.6) is 0 Å². The van der Waals surface area contributed by atoms with Crippen molar-refractivity contribution in [1.29, 1.82) is 0 Å². The fraction of sp³-hybridized carbons (Fsp3) is 0.800. The summed E-state index contributed by atoms with van der Waals surface area (Å²) < 4.78 is 0. The van der Waals surface area contributed by atoms with Crippen molar-refractivity contribution in [3.05, 3.63) is 11.6 Å². The van der Waals surface area contributed by atoms with Crippen LogP contribution in [0.15, 0.2) is 11.6 Å². The van der Waals surface area contributed by atoms with Crippen LogP contribution in [0.4, 0.5) is 0 Å². The molecule has 1 rings (SSSR count). The molecule has 1 aliphatic carbocycles. The molecule has 0 spiro atoms. The van der Waals surface area contributed by atoms with Gasteiger partial charge in [-0.15, -0.1) is 9.24 Å². The Hall–Kier alpha value is 0.170. The molecule has 2 atom stereocenters. The smallest absolute Gasteiger partial charge is 0.0285 e. The maximum absolute atomic E-state index is 2.86. The van der Waals surface area contributed by atoms with Crippen molar-refractivity contribution < 1.29 is 0 Å². The van der Waals surface area contributed by atoms with Crippen molar-refractivity contribution in [1.82, 2.24) is 0 Å². The van der Waals surface area contributed by atoms with Gasteiger partial charge >= 0.3 is 0 Å². The predicted octanol–water partition coefficient (Wildman–Crippen LogP) is 3.53. The van der Waals surface area contributed by atoms with Crippen LogP contribution in [-0.2, 0) is 0 Å². The van der Waals surface area contributed by atoms with Gasteiger partial charge in [0.15, 0.2) is 0 Å². The van der Waals surface area contributed by atoms with Gasteiger partial charge in [0, 0.05) is 0 Å². The Labute approximate surface area is 72.7 Å². The topological polar surface area (TPSA) is 0 Å². The third kappa shape index (κ3) is 3.91. The van der Waals surface area contributed by atoms with E-state index in [0.29, 0.717) is 0 Å². The third-order valence-electron chi connectivity index (χ3n) is 2.31. The van der Waals surface area contributed by atoms with Crippen LogP contribution >= 0.6 is 9.24 Å². The molecular weight excluding hydrogens is 151 g/mol. The molecule has 0 saturated carbocycles. The Balaban J connectivity index is 1.88. The molecular formula is C10H19P. The van der Waals surface area contributed by atoms with Crippen LogP contribution in [0.1, 0.15) is 45.4 Å². The van der Waals surface area contributed by atoms with Crippen molar-refractivity contribution in [3.8, 4) is 0 Å². The summed E-state index contributed by atoms with van der Waals surface area (Å²) in [5, 5.41) is 0. The van der Waals surface area contributed by atoms with Gasteiger partial charge < -0.3 is 0 Å². The van der Waals surface area contributed by atoms with Crippen molar-refractivity contribution in [2.45, 2.75) is 51.1 Å². The van der Waals surface area contributed by atoms with E-state index in [4.69, 9.17) is 0 Å². The number of rotatable bonds is 5. The number of hydrogen-bond acceptors (Lipinski definition) is 0. The number of hydrogen-bond donors (Lipinski definition) is 0. The molecule has 0 N–H and O–H groups in total. The molecule has 0 heterocycles. The molecule has 0 aliphatic heterocycles. The SMILES string of the molecule is CC(P)CCCCC1=CCC1. The first-order valence-corrected chi connectivity index (χ1v) is 5.39. The second-order valence-electron chi connectivity index (χ2n) is 3.62. The minimum absolute atomic E-state index is 0.811. The molecule has 0 amide bonds. The standard InChI is InChI=1S/C10H19P/c1-9(11)5-2-3-6-10-7-4-8-10/h7,9H,2-6,8,11H2,1H3. The molecule has 0 aromatic rings. The van der Waals surface area contributed by atoms with Gasteiger partial charge in [0.25, 0.3) is 0 Å². The van der Waals surface area contributed by atoms with E-state index in [9.17, 15) is 0 Å². The first-order chi connectivity index (χ1) is 5.29. The van der Waals surface area contributed by atoms with Crippen LogP contribution in [0, 0.1) is 0 Å². The highest BCUT2D eigenvalue weighted by molar-refractivity contribution is 7.17. The van der Waals surface area contributed by atoms with E-state index in [0.717, 1.165) is 5.66 Å². The maximum atomic E-state index is 2.86. The summed E-state index contributed by atoms with van der Waals surface area (Å²) in [5.74, 6) is 0. The molecule has 0 aromatic carbocycles. The van der Waals surface area contributed by atoms with Crippen LogP contribution in [0.25, 0.3) is 0 Å². The predicted molar refractivity (Wildman–Crippen MR) is 55.0 cm³/mol. The Bertz CT molecular complexity index is 136. The highest BCUT2D eigenvalue weighted by Gasteiger charge is 2.04. The molecule has 0 radical (unpaired) electrons. The summed E-state index contributed by atoms with van der Waals surface area (Å²) in [4.78, 5) is 0. The molecule has 0 nitrogen and oxygen atoms in total. The van der Waals surface area contributed by atoms with Crippen molar-refractivity contribution in [2.24, 2.45) is 0 Å². The second kappa shape index (κ2) is 4.93. The second-order valence-corrected chi connectivity index (χ2v) is 4.76. The van der Waals surface area contributed by atoms with Crippen LogP contribution in [0.3, 0.4) is 0 Å². The van der Waals surface area contributed by atoms with Crippen molar-refractivity contribution in [2.75, 3.05) is 0 Å². The lowest BCUT2D eigenvalue weighted by Gasteiger charge is -2.13. The number of allylic oxidation sites excluding steroid dienone is 2. The molecule has 11 heavy (non-hydrogen) atoms. The van der Waals surface area contributed by atoms with Gasteiger partial charge in [0.05, 0.1) is 0 Å². The van der Waals surface area contributed by atoms with Crippen molar-refractivity contribution in [3.63, 3.8) is 0 Å². The van der Waals surface area contributed by atoms with Gasteiger partial charge in [0.1, 0.15) is 0 Å². The van der Waals surface area contributed by atoms with Gasteiger partial charge in [-0.1, -0.05) is 25.0 Å². The normalized spacial score (nSPS) is 18.9. The fourth-order valence-corrected chi connectivity index (χ4v) is 1.63. The Kier molecular flexibility index (Phi) is 4.15. The fourth-order valence-electron chi connectivity index (χ4n) is 1.39. The lowest BCUT2D eigenvalue weighted by atomic mass is 9.94. The van der Waals surface area contributed by atoms with E-state index < -0.39 is 0 Å². The Morgan fingerprint density at radius 2 is 2.27 bits per heavy atom. The van der Waals surface area contributed by atoms with Gasteiger partial charge in [-0.2, -0.15) is 0 Å². The zero-order chi connectivity index (χ0) is 8.10. The van der Waals surface area contributed by atoms with Crippen LogP contribution in [-0.4, -0.2) is 5.66 Å². The van der Waals surface area contributed by atoms with Gasteiger partial charge in [0.2, 0.25) is 0 Å². The van der Waals surface area contributed by atoms with Gasteiger partial charge in [-0.25, -0.2) is 0 Å². The lowest BCUT2D eigenvalue weighted by Crippen LogP contribution is -1.95. The van der Waals surface area contributed by atoms with Crippen LogP contribution in [0.2, 0.25) is 0 Å². The van der Waals surface area contributed by atoms with Gasteiger partial charge in [-0.3, -0.25) is 0 Å². The highest BCUT2D eigenvalue weighted by Crippen LogP contribution is 2.24. The molecule has 1 heteroatoms. The molecule has 0 fully saturated rings. The van der Waals surface area contributed by atoms with Gasteiger partial charge in [-0.05, 0) is 37.8 Å². The minimum atomic E-state index is 0.811. The molecule has 64 valence electrons. The zero-order valence-electron chi connectivity index (χ0n) is 7.47. The average molecular weight is 170 g/mol. The third-order valence-corrected chi connectivity index (χ3v) is 2.64. The Morgan fingerprint density at radius 1 is 1.55 bits per heavy atom.